The van der Waals surface area contributed by atoms with Gasteiger partial charge in [0, 0.05) is 11.1 Å². The van der Waals surface area contributed by atoms with E-state index >= 15 is 0 Å². The van der Waals surface area contributed by atoms with Gasteiger partial charge in [-0.2, -0.15) is 0 Å². The molecule has 24 heavy (non-hydrogen) atoms. The number of fused-ring (bicyclic) bond motifs is 1. The Labute approximate surface area is 150 Å². The molecule has 3 aromatic rings. The summed E-state index contributed by atoms with van der Waals surface area (Å²) in [7, 11) is 0. The molecule has 6 heteroatoms. The summed E-state index contributed by atoms with van der Waals surface area (Å²) in [5.74, 6) is 1.59. The van der Waals surface area contributed by atoms with Crippen LogP contribution in [0.1, 0.15) is 18.4 Å². The number of aromatic nitrogens is 2. The lowest BCUT2D eigenvalue weighted by atomic mass is 10.2. The first kappa shape index (κ1) is 16.8. The highest BCUT2D eigenvalue weighted by Crippen LogP contribution is 2.28. The molecule has 0 radical (unpaired) electrons. The van der Waals surface area contributed by atoms with E-state index in [1.54, 1.807) is 0 Å². The molecule has 0 bridgehead atoms. The van der Waals surface area contributed by atoms with Crippen molar-refractivity contribution in [3.63, 3.8) is 0 Å². The number of anilines is 1. The first-order chi connectivity index (χ1) is 11.7. The molecule has 2 aromatic carbocycles. The minimum Gasteiger partial charge on any atom is -0.492 e. The SMILES string of the molecule is CCOc1ccc(NCc2nc(CCl)nc3ccccc23)cc1Cl. The zero-order valence-electron chi connectivity index (χ0n) is 13.2. The minimum atomic E-state index is 0.284. The van der Waals surface area contributed by atoms with Gasteiger partial charge in [-0.1, -0.05) is 29.8 Å². The summed E-state index contributed by atoms with van der Waals surface area (Å²) >= 11 is 12.1. The van der Waals surface area contributed by atoms with Crippen molar-refractivity contribution in [2.75, 3.05) is 11.9 Å². The number of para-hydroxylation sites is 1. The fraction of sp³-hybridized carbons (Fsp3) is 0.222. The number of halogens is 2. The molecule has 0 saturated carbocycles. The van der Waals surface area contributed by atoms with Crippen LogP contribution in [0.5, 0.6) is 5.75 Å². The zero-order valence-corrected chi connectivity index (χ0v) is 14.7. The predicted molar refractivity (Wildman–Crippen MR) is 99.0 cm³/mol. The van der Waals surface area contributed by atoms with E-state index in [4.69, 9.17) is 27.9 Å². The van der Waals surface area contributed by atoms with Gasteiger partial charge >= 0.3 is 0 Å². The maximum absolute atomic E-state index is 6.22. The molecule has 124 valence electrons. The first-order valence-electron chi connectivity index (χ1n) is 7.68. The van der Waals surface area contributed by atoms with Gasteiger partial charge in [0.2, 0.25) is 0 Å². The third-order valence-corrected chi connectivity index (χ3v) is 4.07. The van der Waals surface area contributed by atoms with Crippen molar-refractivity contribution in [3.8, 4) is 5.75 Å². The van der Waals surface area contributed by atoms with Crippen molar-refractivity contribution in [1.29, 1.82) is 0 Å². The molecule has 0 unspecified atom stereocenters. The molecule has 0 amide bonds. The van der Waals surface area contributed by atoms with Crippen molar-refractivity contribution < 1.29 is 4.74 Å². The molecule has 0 aliphatic rings. The molecule has 1 aromatic heterocycles. The minimum absolute atomic E-state index is 0.284. The summed E-state index contributed by atoms with van der Waals surface area (Å²) < 4.78 is 5.45. The molecular formula is C18H17Cl2N3O. The largest absolute Gasteiger partial charge is 0.492 e. The number of hydrogen-bond donors (Lipinski definition) is 1. The van der Waals surface area contributed by atoms with E-state index in [0.717, 1.165) is 22.3 Å². The molecule has 0 atom stereocenters. The van der Waals surface area contributed by atoms with Crippen LogP contribution >= 0.6 is 23.2 Å². The van der Waals surface area contributed by atoms with Gasteiger partial charge in [-0.15, -0.1) is 11.6 Å². The summed E-state index contributed by atoms with van der Waals surface area (Å²) in [5.41, 5.74) is 2.70. The highest BCUT2D eigenvalue weighted by atomic mass is 35.5. The number of hydrogen-bond acceptors (Lipinski definition) is 4. The average Bonchev–Trinajstić information content (AvgIpc) is 2.61. The van der Waals surface area contributed by atoms with E-state index in [1.807, 2.05) is 49.4 Å². The molecular weight excluding hydrogens is 345 g/mol. The Bertz CT molecular complexity index is 855. The number of nitrogens with one attached hydrogen (secondary N) is 1. The second-order valence-corrected chi connectivity index (χ2v) is 5.84. The van der Waals surface area contributed by atoms with Crippen LogP contribution in [0.15, 0.2) is 42.5 Å². The third-order valence-electron chi connectivity index (χ3n) is 3.54. The highest BCUT2D eigenvalue weighted by molar-refractivity contribution is 6.32. The predicted octanol–water partition coefficient (Wildman–Crippen LogP) is 5.03. The average molecular weight is 362 g/mol. The molecule has 0 fully saturated rings. The van der Waals surface area contributed by atoms with Gasteiger partial charge < -0.3 is 10.1 Å². The Balaban J connectivity index is 1.84. The Morgan fingerprint density at radius 3 is 2.71 bits per heavy atom. The quantitative estimate of drug-likeness (QED) is 0.625. The van der Waals surface area contributed by atoms with E-state index in [1.165, 1.54) is 0 Å². The molecule has 0 aliphatic heterocycles. The number of alkyl halides is 1. The number of ether oxygens (including phenoxy) is 1. The molecule has 0 spiro atoms. The molecule has 1 N–H and O–H groups in total. The van der Waals surface area contributed by atoms with Crippen LogP contribution in [-0.4, -0.2) is 16.6 Å². The first-order valence-corrected chi connectivity index (χ1v) is 8.59. The summed E-state index contributed by atoms with van der Waals surface area (Å²) in [6.07, 6.45) is 0. The monoisotopic (exact) mass is 361 g/mol. The fourth-order valence-electron chi connectivity index (χ4n) is 2.46. The van der Waals surface area contributed by atoms with Crippen molar-refractivity contribution >= 4 is 39.8 Å². The van der Waals surface area contributed by atoms with E-state index in [-0.39, 0.29) is 5.88 Å². The maximum atomic E-state index is 6.22. The topological polar surface area (TPSA) is 47.0 Å². The van der Waals surface area contributed by atoms with Crippen molar-refractivity contribution in [2.45, 2.75) is 19.3 Å². The Kier molecular flexibility index (Phi) is 5.38. The molecule has 0 saturated heterocycles. The van der Waals surface area contributed by atoms with Crippen molar-refractivity contribution in [1.82, 2.24) is 9.97 Å². The summed E-state index contributed by atoms with van der Waals surface area (Å²) in [6, 6.07) is 13.5. The van der Waals surface area contributed by atoms with Gasteiger partial charge in [0.05, 0.1) is 35.3 Å². The van der Waals surface area contributed by atoms with Gasteiger partial charge in [0.15, 0.2) is 0 Å². The lowest BCUT2D eigenvalue weighted by Crippen LogP contribution is -2.06. The van der Waals surface area contributed by atoms with Crippen LogP contribution < -0.4 is 10.1 Å². The second kappa shape index (κ2) is 7.69. The van der Waals surface area contributed by atoms with Crippen LogP contribution in [0.25, 0.3) is 10.9 Å². The van der Waals surface area contributed by atoms with Gasteiger partial charge in [-0.25, -0.2) is 9.97 Å². The van der Waals surface area contributed by atoms with Crippen LogP contribution in [-0.2, 0) is 12.4 Å². The Morgan fingerprint density at radius 1 is 1.12 bits per heavy atom. The van der Waals surface area contributed by atoms with Crippen molar-refractivity contribution in [2.24, 2.45) is 0 Å². The summed E-state index contributed by atoms with van der Waals surface area (Å²) in [5, 5.41) is 4.93. The van der Waals surface area contributed by atoms with E-state index in [0.29, 0.717) is 29.7 Å². The van der Waals surface area contributed by atoms with Gasteiger partial charge in [-0.3, -0.25) is 0 Å². The number of rotatable bonds is 6. The standard InChI is InChI=1S/C18H17Cl2N3O/c1-2-24-17-8-7-12(9-14(17)20)21-11-16-13-5-3-4-6-15(13)22-18(10-19)23-16/h3-9,21H,2,10-11H2,1H3. The second-order valence-electron chi connectivity index (χ2n) is 5.17. The van der Waals surface area contributed by atoms with Crippen LogP contribution in [0.3, 0.4) is 0 Å². The lowest BCUT2D eigenvalue weighted by molar-refractivity contribution is 0.340. The summed E-state index contributed by atoms with van der Waals surface area (Å²) in [4.78, 5) is 8.99. The number of benzene rings is 2. The van der Waals surface area contributed by atoms with Gasteiger partial charge in [0.1, 0.15) is 11.6 Å². The van der Waals surface area contributed by atoms with E-state index in [2.05, 4.69) is 15.3 Å². The van der Waals surface area contributed by atoms with Gasteiger partial charge in [0.25, 0.3) is 0 Å². The Hall–Kier alpha value is -2.04. The Morgan fingerprint density at radius 2 is 1.96 bits per heavy atom. The normalized spacial score (nSPS) is 10.8. The zero-order chi connectivity index (χ0) is 16.9. The molecule has 1 heterocycles. The van der Waals surface area contributed by atoms with Crippen LogP contribution in [0, 0.1) is 0 Å². The molecule has 3 rings (SSSR count). The lowest BCUT2D eigenvalue weighted by Gasteiger charge is -2.11. The summed E-state index contributed by atoms with van der Waals surface area (Å²) in [6.45, 7) is 3.06. The highest BCUT2D eigenvalue weighted by Gasteiger charge is 2.08. The molecule has 4 nitrogen and oxygen atoms in total. The fourth-order valence-corrected chi connectivity index (χ4v) is 2.81. The van der Waals surface area contributed by atoms with Crippen LogP contribution in [0.2, 0.25) is 5.02 Å². The van der Waals surface area contributed by atoms with Crippen LogP contribution in [0.4, 0.5) is 5.69 Å². The maximum Gasteiger partial charge on any atom is 0.144 e. The van der Waals surface area contributed by atoms with E-state index < -0.39 is 0 Å². The number of nitrogens with zero attached hydrogens (tertiary/aromatic N) is 2. The molecule has 0 aliphatic carbocycles. The van der Waals surface area contributed by atoms with Gasteiger partial charge in [-0.05, 0) is 31.2 Å². The third kappa shape index (κ3) is 3.71. The van der Waals surface area contributed by atoms with Crippen molar-refractivity contribution in [3.05, 3.63) is 59.0 Å². The van der Waals surface area contributed by atoms with E-state index in [9.17, 15) is 0 Å². The smallest absolute Gasteiger partial charge is 0.144 e.